The average molecular weight is 1480 g/mol. The van der Waals surface area contributed by atoms with E-state index >= 15 is 0 Å². The third-order valence-corrected chi connectivity index (χ3v) is 23.5. The highest BCUT2D eigenvalue weighted by Gasteiger charge is 2.30. The summed E-state index contributed by atoms with van der Waals surface area (Å²) in [6.07, 6.45) is 0. The number of para-hydroxylation sites is 4. The average Bonchev–Trinajstić information content (AvgIpc) is 1.55. The normalized spacial score (nSPS) is 11.7. The molecule has 0 aliphatic heterocycles. The van der Waals surface area contributed by atoms with Crippen molar-refractivity contribution in [3.63, 3.8) is 0 Å². The van der Waals surface area contributed by atoms with Gasteiger partial charge < -0.3 is 28.7 Å². The van der Waals surface area contributed by atoms with Crippen LogP contribution in [0.2, 0.25) is 0 Å². The van der Waals surface area contributed by atoms with Crippen LogP contribution in [0.1, 0.15) is 11.1 Å². The van der Waals surface area contributed by atoms with E-state index in [-0.39, 0.29) is 0 Å². The molecule has 6 heteroatoms. The van der Waals surface area contributed by atoms with Gasteiger partial charge in [-0.1, -0.05) is 279 Å². The summed E-state index contributed by atoms with van der Waals surface area (Å²) < 4.78 is 5.09. The number of aryl methyl sites for hydroxylation is 2. The predicted octanol–water partition coefficient (Wildman–Crippen LogP) is 31.0. The SMILES string of the molecule is Cc1cccc(N(c2ccccc2)c2cc3c(c4ccccc24)c2c4ccccc4c(N(c4cccc(C)c4)c4cccc(-c5cccc(N(c6ccccc6)c6cc7c(c8ccccc68)c6c8ccccc8c(N(c8ccccc8)c8ccccc8)cc6n7-c6ccc7ccccc7c6)c5)c4)cc2n3-c2ccc3ccccc3c2)c1. The van der Waals surface area contributed by atoms with Crippen LogP contribution in [-0.2, 0) is 0 Å². The van der Waals surface area contributed by atoms with Gasteiger partial charge in [0.15, 0.2) is 0 Å². The lowest BCUT2D eigenvalue weighted by atomic mass is 9.96. The molecular formula is C110H76N6. The van der Waals surface area contributed by atoms with Gasteiger partial charge in [-0.2, -0.15) is 0 Å². The molecule has 22 rings (SSSR count). The zero-order valence-electron chi connectivity index (χ0n) is 64.1. The maximum atomic E-state index is 2.55. The fourth-order valence-electron chi connectivity index (χ4n) is 18.5. The number of fused-ring (bicyclic) bond motifs is 16. The Labute approximate surface area is 672 Å². The number of rotatable bonds is 15. The summed E-state index contributed by atoms with van der Waals surface area (Å²) in [6.45, 7) is 4.38. The van der Waals surface area contributed by atoms with E-state index < -0.39 is 0 Å². The molecule has 2 heterocycles. The first-order chi connectivity index (χ1) is 57.4. The van der Waals surface area contributed by atoms with Crippen LogP contribution < -0.4 is 19.6 Å². The Morgan fingerprint density at radius 1 is 0.172 bits per heavy atom. The van der Waals surface area contributed by atoms with Crippen molar-refractivity contribution in [2.75, 3.05) is 19.6 Å². The summed E-state index contributed by atoms with van der Waals surface area (Å²) in [7, 11) is 0. The lowest BCUT2D eigenvalue weighted by Gasteiger charge is -2.29. The Kier molecular flexibility index (Phi) is 16.3. The minimum absolute atomic E-state index is 1.03. The van der Waals surface area contributed by atoms with Crippen LogP contribution in [-0.4, -0.2) is 9.13 Å². The Morgan fingerprint density at radius 2 is 0.414 bits per heavy atom. The van der Waals surface area contributed by atoms with E-state index in [2.05, 4.69) is 467 Å². The summed E-state index contributed by atoms with van der Waals surface area (Å²) in [4.78, 5) is 9.85. The van der Waals surface area contributed by atoms with Crippen LogP contribution in [0.25, 0.3) is 131 Å². The van der Waals surface area contributed by atoms with E-state index in [4.69, 9.17) is 0 Å². The van der Waals surface area contributed by atoms with Crippen molar-refractivity contribution in [3.8, 4) is 22.5 Å². The fourth-order valence-corrected chi connectivity index (χ4v) is 18.5. The lowest BCUT2D eigenvalue weighted by molar-refractivity contribution is 1.18. The van der Waals surface area contributed by atoms with Gasteiger partial charge in [0, 0.05) is 100.0 Å². The second-order valence-corrected chi connectivity index (χ2v) is 30.5. The smallest absolute Gasteiger partial charge is 0.0568 e. The third kappa shape index (κ3) is 11.3. The largest absolute Gasteiger partial charge is 0.310 e. The van der Waals surface area contributed by atoms with Crippen molar-refractivity contribution in [1.29, 1.82) is 0 Å². The molecule has 116 heavy (non-hydrogen) atoms. The minimum Gasteiger partial charge on any atom is -0.310 e. The molecule has 22 aromatic rings. The summed E-state index contributed by atoms with van der Waals surface area (Å²) in [5.41, 5.74) is 24.0. The van der Waals surface area contributed by atoms with Gasteiger partial charge in [-0.05, 0) is 225 Å². The molecule has 0 bridgehead atoms. The predicted molar refractivity (Wildman–Crippen MR) is 494 cm³/mol. The molecule has 0 aliphatic carbocycles. The van der Waals surface area contributed by atoms with Crippen LogP contribution in [0.15, 0.2) is 425 Å². The quantitative estimate of drug-likeness (QED) is 0.102. The molecule has 0 N–H and O–H groups in total. The molecule has 0 saturated carbocycles. The molecule has 6 nitrogen and oxygen atoms in total. The lowest BCUT2D eigenvalue weighted by Crippen LogP contribution is -2.11. The molecule has 0 fully saturated rings. The first-order valence-electron chi connectivity index (χ1n) is 40.0. The molecule has 0 atom stereocenters. The van der Waals surface area contributed by atoms with Gasteiger partial charge in [-0.3, -0.25) is 0 Å². The molecule has 20 aromatic carbocycles. The molecule has 0 radical (unpaired) electrons. The number of hydrogen-bond acceptors (Lipinski definition) is 4. The number of hydrogen-bond donors (Lipinski definition) is 0. The minimum atomic E-state index is 1.03. The summed E-state index contributed by atoms with van der Waals surface area (Å²) >= 11 is 0. The first-order valence-corrected chi connectivity index (χ1v) is 40.0. The summed E-state index contributed by atoms with van der Waals surface area (Å²) in [5.74, 6) is 0. The zero-order valence-corrected chi connectivity index (χ0v) is 64.1. The molecule has 546 valence electrons. The highest BCUT2D eigenvalue weighted by molar-refractivity contribution is 6.34. The highest BCUT2D eigenvalue weighted by atomic mass is 15.2. The molecule has 0 amide bonds. The number of anilines is 12. The molecular weight excluding hydrogens is 1410 g/mol. The molecule has 0 unspecified atom stereocenters. The van der Waals surface area contributed by atoms with Crippen molar-refractivity contribution >= 4 is 176 Å². The van der Waals surface area contributed by atoms with E-state index in [0.717, 1.165) is 129 Å². The van der Waals surface area contributed by atoms with E-state index in [0.29, 0.717) is 0 Å². The van der Waals surface area contributed by atoms with Gasteiger partial charge in [-0.25, -0.2) is 0 Å². The molecule has 2 aromatic heterocycles. The Balaban J connectivity index is 0.755. The van der Waals surface area contributed by atoms with Crippen LogP contribution in [0.5, 0.6) is 0 Å². The maximum Gasteiger partial charge on any atom is 0.0568 e. The summed E-state index contributed by atoms with van der Waals surface area (Å²) in [5, 5.41) is 18.9. The first kappa shape index (κ1) is 67.6. The topological polar surface area (TPSA) is 22.8 Å². The number of benzene rings is 20. The van der Waals surface area contributed by atoms with Gasteiger partial charge in [0.25, 0.3) is 0 Å². The van der Waals surface area contributed by atoms with Crippen LogP contribution in [0.3, 0.4) is 0 Å². The van der Waals surface area contributed by atoms with Crippen molar-refractivity contribution < 1.29 is 0 Å². The van der Waals surface area contributed by atoms with E-state index in [1.54, 1.807) is 0 Å². The Bertz CT molecular complexity index is 7600. The third-order valence-electron chi connectivity index (χ3n) is 23.5. The van der Waals surface area contributed by atoms with Crippen LogP contribution in [0.4, 0.5) is 68.2 Å². The van der Waals surface area contributed by atoms with E-state index in [1.165, 1.54) is 81.1 Å². The van der Waals surface area contributed by atoms with E-state index in [1.807, 2.05) is 0 Å². The zero-order chi connectivity index (χ0) is 76.9. The highest BCUT2D eigenvalue weighted by Crippen LogP contribution is 2.54. The van der Waals surface area contributed by atoms with E-state index in [9.17, 15) is 0 Å². The van der Waals surface area contributed by atoms with Crippen molar-refractivity contribution in [2.45, 2.75) is 13.8 Å². The van der Waals surface area contributed by atoms with Crippen molar-refractivity contribution in [1.82, 2.24) is 9.13 Å². The molecule has 0 aliphatic rings. The number of aromatic nitrogens is 2. The van der Waals surface area contributed by atoms with Crippen LogP contribution >= 0.6 is 0 Å². The Hall–Kier alpha value is -15.2. The Morgan fingerprint density at radius 3 is 0.724 bits per heavy atom. The second kappa shape index (κ2) is 27.9. The van der Waals surface area contributed by atoms with Gasteiger partial charge in [-0.15, -0.1) is 0 Å². The second-order valence-electron chi connectivity index (χ2n) is 30.5. The maximum absolute atomic E-state index is 2.55. The van der Waals surface area contributed by atoms with Crippen LogP contribution in [0, 0.1) is 13.8 Å². The van der Waals surface area contributed by atoms with Gasteiger partial charge >= 0.3 is 0 Å². The summed E-state index contributed by atoms with van der Waals surface area (Å²) in [6, 6.07) is 157. The molecule has 0 saturated heterocycles. The van der Waals surface area contributed by atoms with Gasteiger partial charge in [0.1, 0.15) is 0 Å². The standard InChI is InChI=1S/C110H76N6/c1-73-31-27-47-85(63-73)112(83-43-11-5-12-44-83)100-70-104-108(96-56-24-20-52-92(96)100)110-98-58-26-22-54-94(98)102(72-106(110)116(104)90-62-60-76-34-16-18-36-78(76)66-90)114(86-48-28-32-74(2)64-86)88-50-30-38-80(68-88)79-37-29-49-87(67-79)113(84-45-13-6-14-46-84)101-71-105-109(97-57-25-21-53-93(97)101)107-95-55-23-19-51-91(95)99(111(81-39-7-3-8-40-81)82-41-9-4-10-42-82)69-103(107)115(105)89-61-59-75-33-15-17-35-77(75)65-89/h3-72H,1-2H3. The van der Waals surface area contributed by atoms with Crippen molar-refractivity contribution in [2.24, 2.45) is 0 Å². The van der Waals surface area contributed by atoms with Crippen molar-refractivity contribution in [3.05, 3.63) is 436 Å². The fraction of sp³-hybridized carbons (Fsp3) is 0.0182. The molecule has 0 spiro atoms. The van der Waals surface area contributed by atoms with Gasteiger partial charge in [0.05, 0.1) is 44.8 Å². The monoisotopic (exact) mass is 1480 g/mol. The van der Waals surface area contributed by atoms with Gasteiger partial charge in [0.2, 0.25) is 0 Å². The number of nitrogens with zero attached hydrogens (tertiary/aromatic N) is 6.